The second kappa shape index (κ2) is 5.12. The molecule has 0 aromatic carbocycles. The topological polar surface area (TPSA) is 53.4 Å². The Morgan fingerprint density at radius 1 is 1.47 bits per heavy atom. The van der Waals surface area contributed by atoms with E-state index in [1.807, 2.05) is 0 Å². The molecule has 1 fully saturated rings. The van der Waals surface area contributed by atoms with Gasteiger partial charge >= 0.3 is 5.97 Å². The van der Waals surface area contributed by atoms with Crippen LogP contribution in [0.3, 0.4) is 0 Å². The summed E-state index contributed by atoms with van der Waals surface area (Å²) in [6.07, 6.45) is 6.52. The Hall–Kier alpha value is -1.10. The van der Waals surface area contributed by atoms with Crippen LogP contribution in [-0.4, -0.2) is 28.6 Å². The van der Waals surface area contributed by atoms with Gasteiger partial charge in [-0.15, -0.1) is 11.3 Å². The first-order valence-corrected chi connectivity index (χ1v) is 8.01. The molecule has 1 aliphatic carbocycles. The number of hydrogen-bond donors (Lipinski definition) is 1. The summed E-state index contributed by atoms with van der Waals surface area (Å²) >= 11 is 1.72. The fraction of sp³-hybridized carbons (Fsp3) is 0.714. The van der Waals surface area contributed by atoms with Crippen molar-refractivity contribution in [1.29, 1.82) is 0 Å². The van der Waals surface area contributed by atoms with E-state index in [2.05, 4.69) is 16.8 Å². The predicted molar refractivity (Wildman–Crippen MR) is 76.1 cm³/mol. The fourth-order valence-corrected chi connectivity index (χ4v) is 4.49. The van der Waals surface area contributed by atoms with Gasteiger partial charge in [0.1, 0.15) is 5.92 Å². The van der Waals surface area contributed by atoms with E-state index in [0.29, 0.717) is 6.04 Å². The maximum atomic E-state index is 11.2. The zero-order valence-corrected chi connectivity index (χ0v) is 12.1. The van der Waals surface area contributed by atoms with Crippen LogP contribution >= 0.6 is 11.3 Å². The molecule has 1 aliphatic heterocycles. The van der Waals surface area contributed by atoms with Crippen LogP contribution in [0.5, 0.6) is 0 Å². The van der Waals surface area contributed by atoms with Crippen LogP contribution in [0, 0.1) is 0 Å². The maximum Gasteiger partial charge on any atom is 0.312 e. The van der Waals surface area contributed by atoms with Gasteiger partial charge in [0, 0.05) is 17.5 Å². The molecule has 2 aliphatic rings. The molecule has 4 nitrogen and oxygen atoms in total. The zero-order chi connectivity index (χ0) is 13.4. The van der Waals surface area contributed by atoms with Gasteiger partial charge in [-0.25, -0.2) is 4.98 Å². The van der Waals surface area contributed by atoms with E-state index in [0.717, 1.165) is 36.6 Å². The number of aryl methyl sites for hydroxylation is 1. The summed E-state index contributed by atoms with van der Waals surface area (Å²) in [6.45, 7) is 3.30. The van der Waals surface area contributed by atoms with Crippen molar-refractivity contribution in [3.63, 3.8) is 0 Å². The predicted octanol–water partition coefficient (Wildman–Crippen LogP) is 3.03. The molecule has 0 amide bonds. The highest BCUT2D eigenvalue weighted by atomic mass is 32.1. The van der Waals surface area contributed by atoms with Gasteiger partial charge in [0.25, 0.3) is 0 Å². The standard InChI is InChI=1S/C14H20N2O2S/c1-2-9-5-3-4-8-16(9)14-15-12-10(13(17)18)6-7-11(12)19-14/h9-10H,2-8H2,1H3,(H,17,18). The van der Waals surface area contributed by atoms with Gasteiger partial charge in [-0.1, -0.05) is 6.92 Å². The zero-order valence-electron chi connectivity index (χ0n) is 11.3. The van der Waals surface area contributed by atoms with Gasteiger partial charge in [-0.2, -0.15) is 0 Å². The van der Waals surface area contributed by atoms with Gasteiger partial charge in [0.2, 0.25) is 0 Å². The molecule has 2 heterocycles. The van der Waals surface area contributed by atoms with E-state index in [4.69, 9.17) is 0 Å². The van der Waals surface area contributed by atoms with Crippen LogP contribution in [0.15, 0.2) is 0 Å². The van der Waals surface area contributed by atoms with E-state index >= 15 is 0 Å². The van der Waals surface area contributed by atoms with E-state index < -0.39 is 5.97 Å². The Labute approximate surface area is 117 Å². The molecule has 0 spiro atoms. The normalized spacial score (nSPS) is 26.5. The summed E-state index contributed by atoms with van der Waals surface area (Å²) in [4.78, 5) is 19.5. The number of carboxylic acid groups (broad SMARTS) is 1. The SMILES string of the molecule is CCC1CCCCN1c1nc2c(s1)CCC2C(=O)O. The van der Waals surface area contributed by atoms with Crippen molar-refractivity contribution in [3.8, 4) is 0 Å². The Bertz CT molecular complexity index is 486. The summed E-state index contributed by atoms with van der Waals surface area (Å²) < 4.78 is 0. The number of rotatable bonds is 3. The molecule has 2 unspecified atom stereocenters. The lowest BCUT2D eigenvalue weighted by molar-refractivity contribution is -0.138. The number of anilines is 1. The summed E-state index contributed by atoms with van der Waals surface area (Å²) in [7, 11) is 0. The molecule has 1 saturated heterocycles. The van der Waals surface area contributed by atoms with Crippen LogP contribution < -0.4 is 4.90 Å². The molecule has 0 bridgehead atoms. The van der Waals surface area contributed by atoms with E-state index in [-0.39, 0.29) is 5.92 Å². The number of thiazole rings is 1. The first-order valence-electron chi connectivity index (χ1n) is 7.19. The minimum Gasteiger partial charge on any atom is -0.481 e. The molecule has 19 heavy (non-hydrogen) atoms. The van der Waals surface area contributed by atoms with Gasteiger partial charge in [-0.3, -0.25) is 4.79 Å². The fourth-order valence-electron chi connectivity index (χ4n) is 3.25. The second-order valence-electron chi connectivity index (χ2n) is 5.49. The van der Waals surface area contributed by atoms with Crippen molar-refractivity contribution < 1.29 is 9.90 Å². The lowest BCUT2D eigenvalue weighted by atomic mass is 10.0. The Morgan fingerprint density at radius 3 is 3.05 bits per heavy atom. The minimum atomic E-state index is -0.721. The van der Waals surface area contributed by atoms with E-state index in [9.17, 15) is 9.90 Å². The Morgan fingerprint density at radius 2 is 2.32 bits per heavy atom. The van der Waals surface area contributed by atoms with Crippen molar-refractivity contribution in [1.82, 2.24) is 4.98 Å². The summed E-state index contributed by atoms with van der Waals surface area (Å²) in [5, 5.41) is 10.3. The van der Waals surface area contributed by atoms with Crippen molar-refractivity contribution in [2.24, 2.45) is 0 Å². The first kappa shape index (κ1) is 12.9. The first-order chi connectivity index (χ1) is 9.20. The monoisotopic (exact) mass is 280 g/mol. The molecule has 1 N–H and O–H groups in total. The van der Waals surface area contributed by atoms with Gasteiger partial charge in [-0.05, 0) is 38.5 Å². The van der Waals surface area contributed by atoms with Gasteiger partial charge < -0.3 is 10.0 Å². The molecule has 1 aromatic heterocycles. The number of nitrogens with zero attached hydrogens (tertiary/aromatic N) is 2. The lowest BCUT2D eigenvalue weighted by Crippen LogP contribution is -2.39. The maximum absolute atomic E-state index is 11.2. The molecule has 0 saturated carbocycles. The number of carboxylic acids is 1. The second-order valence-corrected chi connectivity index (χ2v) is 6.55. The molecule has 104 valence electrons. The Balaban J connectivity index is 1.87. The summed E-state index contributed by atoms with van der Waals surface area (Å²) in [5.41, 5.74) is 0.841. The average molecular weight is 280 g/mol. The third-order valence-electron chi connectivity index (χ3n) is 4.35. The molecule has 3 rings (SSSR count). The highest BCUT2D eigenvalue weighted by molar-refractivity contribution is 7.15. The number of hydrogen-bond acceptors (Lipinski definition) is 4. The van der Waals surface area contributed by atoms with E-state index in [1.165, 1.54) is 24.1 Å². The Kier molecular flexibility index (Phi) is 3.48. The quantitative estimate of drug-likeness (QED) is 0.924. The molecule has 1 aromatic rings. The van der Waals surface area contributed by atoms with Gasteiger partial charge in [0.15, 0.2) is 5.13 Å². The van der Waals surface area contributed by atoms with Crippen LogP contribution in [-0.2, 0) is 11.2 Å². The molecule has 2 atom stereocenters. The van der Waals surface area contributed by atoms with Crippen molar-refractivity contribution in [2.45, 2.75) is 57.4 Å². The number of piperidine rings is 1. The van der Waals surface area contributed by atoms with Crippen molar-refractivity contribution in [2.75, 3.05) is 11.4 Å². The summed E-state index contributed by atoms with van der Waals surface area (Å²) in [6, 6.07) is 0.586. The largest absolute Gasteiger partial charge is 0.481 e. The number of fused-ring (bicyclic) bond motifs is 1. The third kappa shape index (κ3) is 2.24. The smallest absolute Gasteiger partial charge is 0.312 e. The molecular formula is C14H20N2O2S. The van der Waals surface area contributed by atoms with E-state index in [1.54, 1.807) is 11.3 Å². The van der Waals surface area contributed by atoms with Crippen LogP contribution in [0.25, 0.3) is 0 Å². The van der Waals surface area contributed by atoms with Gasteiger partial charge in [0.05, 0.1) is 5.69 Å². The van der Waals surface area contributed by atoms with Crippen LogP contribution in [0.1, 0.15) is 55.5 Å². The summed E-state index contributed by atoms with van der Waals surface area (Å²) in [5.74, 6) is -1.09. The van der Waals surface area contributed by atoms with Crippen LogP contribution in [0.4, 0.5) is 5.13 Å². The highest BCUT2D eigenvalue weighted by Gasteiger charge is 2.34. The lowest BCUT2D eigenvalue weighted by Gasteiger charge is -2.35. The third-order valence-corrected chi connectivity index (χ3v) is 5.52. The average Bonchev–Trinajstić information content (AvgIpc) is 2.97. The van der Waals surface area contributed by atoms with Crippen molar-refractivity contribution >= 4 is 22.4 Å². The molecule has 0 radical (unpaired) electrons. The number of aliphatic carboxylic acids is 1. The number of carbonyl (C=O) groups is 1. The van der Waals surface area contributed by atoms with Crippen LogP contribution in [0.2, 0.25) is 0 Å². The number of aromatic nitrogens is 1. The molecule has 5 heteroatoms. The highest BCUT2D eigenvalue weighted by Crippen LogP contribution is 2.41. The van der Waals surface area contributed by atoms with Crippen molar-refractivity contribution in [3.05, 3.63) is 10.6 Å². The molecular weight excluding hydrogens is 260 g/mol. The minimum absolute atomic E-state index is 0.370.